The highest BCUT2D eigenvalue weighted by Gasteiger charge is 2.39. The van der Waals surface area contributed by atoms with E-state index in [0.717, 1.165) is 10.9 Å². The summed E-state index contributed by atoms with van der Waals surface area (Å²) in [5, 5.41) is 14.8. The maximum atomic E-state index is 13.6. The molecule has 14 heteroatoms. The maximum absolute atomic E-state index is 13.6. The molecule has 1 amide bonds. The Bertz CT molecular complexity index is 1710. The van der Waals surface area contributed by atoms with Crippen LogP contribution in [0.15, 0.2) is 91.5 Å². The molecule has 0 radical (unpaired) electrons. The van der Waals surface area contributed by atoms with Crippen LogP contribution in [0.3, 0.4) is 0 Å². The van der Waals surface area contributed by atoms with E-state index in [1.807, 2.05) is 0 Å². The lowest BCUT2D eigenvalue weighted by molar-refractivity contribution is -0.141. The topological polar surface area (TPSA) is 141 Å². The molecule has 2 aromatic carbocycles. The fraction of sp³-hybridized carbons (Fsp3) is 0.103. The number of esters is 1. The molecule has 0 aliphatic carbocycles. The number of amides is 1. The Morgan fingerprint density at radius 2 is 1.63 bits per heavy atom. The highest BCUT2D eigenvalue weighted by atomic mass is 19.4. The summed E-state index contributed by atoms with van der Waals surface area (Å²) in [4.78, 5) is 37.0. The van der Waals surface area contributed by atoms with Gasteiger partial charge in [0, 0.05) is 36.0 Å². The minimum atomic E-state index is -4.86. The number of benzene rings is 2. The average Bonchev–Trinajstić information content (AvgIpc) is 3.49. The highest BCUT2D eigenvalue weighted by Crippen LogP contribution is 2.32. The number of anilines is 1. The zero-order valence-corrected chi connectivity index (χ0v) is 22.0. The van der Waals surface area contributed by atoms with Crippen molar-refractivity contribution in [2.24, 2.45) is 0 Å². The van der Waals surface area contributed by atoms with Gasteiger partial charge in [0.15, 0.2) is 11.5 Å². The zero-order valence-electron chi connectivity index (χ0n) is 22.0. The first-order chi connectivity index (χ1) is 20.7. The number of carbonyl (C=O) groups is 2. The van der Waals surface area contributed by atoms with Gasteiger partial charge in [-0.15, -0.1) is 0 Å². The molecule has 2 N–H and O–H groups in total. The predicted molar refractivity (Wildman–Crippen MR) is 146 cm³/mol. The van der Waals surface area contributed by atoms with Gasteiger partial charge in [0.05, 0.1) is 17.7 Å². The predicted octanol–water partition coefficient (Wildman–Crippen LogP) is 4.94. The summed E-state index contributed by atoms with van der Waals surface area (Å²) >= 11 is 0. The molecule has 0 aliphatic rings. The minimum Gasteiger partial charge on any atom is -0.460 e. The van der Waals surface area contributed by atoms with Crippen molar-refractivity contribution in [1.82, 2.24) is 24.7 Å². The standard InChI is InChI=1S/C29H21F3N6O5/c30-29(31,32)25-23(17-38(37-25)24-3-1-2-12-33-24)26(40)36-21-8-4-18(5-9-21)20-15-34-28(35-16-20)43-22-10-6-19(7-11-22)27(41)42-14-13-39/h1-12,15-17,39H,13-14H2,(H,36,40). The summed E-state index contributed by atoms with van der Waals surface area (Å²) in [6, 6.07) is 17.1. The first-order valence-electron chi connectivity index (χ1n) is 12.6. The molecule has 3 heterocycles. The number of aromatic nitrogens is 5. The van der Waals surface area contributed by atoms with Crippen LogP contribution >= 0.6 is 0 Å². The second-order valence-corrected chi connectivity index (χ2v) is 8.79. The number of aliphatic hydroxyl groups excluding tert-OH is 1. The summed E-state index contributed by atoms with van der Waals surface area (Å²) in [6.45, 7) is -0.370. The molecule has 0 bridgehead atoms. The lowest BCUT2D eigenvalue weighted by Gasteiger charge is -2.09. The SMILES string of the molecule is O=C(OCCO)c1ccc(Oc2ncc(-c3ccc(NC(=O)c4cn(-c5ccccn5)nc4C(F)(F)F)cc3)cn2)cc1. The van der Waals surface area contributed by atoms with Crippen molar-refractivity contribution in [2.45, 2.75) is 6.18 Å². The Hall–Kier alpha value is -5.63. The number of nitrogens with one attached hydrogen (secondary N) is 1. The van der Waals surface area contributed by atoms with Crippen LogP contribution in [0.1, 0.15) is 26.4 Å². The number of pyridine rings is 1. The van der Waals surface area contributed by atoms with Gasteiger partial charge in [-0.25, -0.2) is 24.4 Å². The van der Waals surface area contributed by atoms with E-state index >= 15 is 0 Å². The van der Waals surface area contributed by atoms with E-state index in [2.05, 4.69) is 25.4 Å². The van der Waals surface area contributed by atoms with Crippen molar-refractivity contribution in [2.75, 3.05) is 18.5 Å². The summed E-state index contributed by atoms with van der Waals surface area (Å²) in [7, 11) is 0. The van der Waals surface area contributed by atoms with Crippen LogP contribution in [0.4, 0.5) is 18.9 Å². The average molecular weight is 591 g/mol. The lowest BCUT2D eigenvalue weighted by Crippen LogP contribution is -2.17. The van der Waals surface area contributed by atoms with E-state index in [1.54, 1.807) is 36.4 Å². The van der Waals surface area contributed by atoms with Gasteiger partial charge in [-0.3, -0.25) is 4.79 Å². The van der Waals surface area contributed by atoms with Crippen LogP contribution in [0.5, 0.6) is 11.8 Å². The molecule has 218 valence electrons. The molecule has 3 aromatic heterocycles. The quantitative estimate of drug-likeness (QED) is 0.228. The molecule has 0 fully saturated rings. The summed E-state index contributed by atoms with van der Waals surface area (Å²) in [5.41, 5.74) is -0.141. The van der Waals surface area contributed by atoms with E-state index in [4.69, 9.17) is 14.6 Å². The Kier molecular flexibility index (Phi) is 8.39. The van der Waals surface area contributed by atoms with Crippen molar-refractivity contribution < 1.29 is 37.3 Å². The normalized spacial score (nSPS) is 11.2. The maximum Gasteiger partial charge on any atom is 0.435 e. The number of nitrogens with zero attached hydrogens (tertiary/aromatic N) is 5. The highest BCUT2D eigenvalue weighted by molar-refractivity contribution is 6.05. The zero-order chi connectivity index (χ0) is 30.4. The van der Waals surface area contributed by atoms with Gasteiger partial charge in [0.1, 0.15) is 12.4 Å². The van der Waals surface area contributed by atoms with Crippen LogP contribution in [0, 0.1) is 0 Å². The molecule has 0 saturated heterocycles. The smallest absolute Gasteiger partial charge is 0.435 e. The van der Waals surface area contributed by atoms with Crippen molar-refractivity contribution in [3.8, 4) is 28.7 Å². The van der Waals surface area contributed by atoms with Crippen LogP contribution < -0.4 is 10.1 Å². The molecule has 43 heavy (non-hydrogen) atoms. The van der Waals surface area contributed by atoms with Gasteiger partial charge in [-0.05, 0) is 54.1 Å². The monoisotopic (exact) mass is 590 g/mol. The fourth-order valence-corrected chi connectivity index (χ4v) is 3.80. The minimum absolute atomic E-state index is 0.0509. The third-order valence-corrected chi connectivity index (χ3v) is 5.84. The number of alkyl halides is 3. The van der Waals surface area contributed by atoms with Crippen LogP contribution in [0.25, 0.3) is 16.9 Å². The molecule has 0 atom stereocenters. The molecule has 5 aromatic rings. The molecule has 0 saturated carbocycles. The third-order valence-electron chi connectivity index (χ3n) is 5.84. The Morgan fingerprint density at radius 3 is 2.26 bits per heavy atom. The number of carbonyl (C=O) groups excluding carboxylic acids is 2. The molecule has 0 unspecified atom stereocenters. The Balaban J connectivity index is 1.24. The van der Waals surface area contributed by atoms with E-state index in [9.17, 15) is 22.8 Å². The van der Waals surface area contributed by atoms with Gasteiger partial charge >= 0.3 is 18.2 Å². The van der Waals surface area contributed by atoms with Crippen LogP contribution in [0.2, 0.25) is 0 Å². The molecular weight excluding hydrogens is 569 g/mol. The molecule has 11 nitrogen and oxygen atoms in total. The third kappa shape index (κ3) is 7.00. The summed E-state index contributed by atoms with van der Waals surface area (Å²) in [6.07, 6.45) is 0.553. The summed E-state index contributed by atoms with van der Waals surface area (Å²) < 4.78 is 52.2. The van der Waals surface area contributed by atoms with E-state index in [0.29, 0.717) is 16.9 Å². The first kappa shape index (κ1) is 28.9. The summed E-state index contributed by atoms with van der Waals surface area (Å²) in [5.74, 6) is -1.05. The Labute approximate surface area is 241 Å². The molecule has 0 aliphatic heterocycles. The fourth-order valence-electron chi connectivity index (χ4n) is 3.80. The molecule has 0 spiro atoms. The lowest BCUT2D eigenvalue weighted by atomic mass is 10.1. The van der Waals surface area contributed by atoms with Gasteiger partial charge in [-0.1, -0.05) is 18.2 Å². The van der Waals surface area contributed by atoms with Crippen molar-refractivity contribution in [1.29, 1.82) is 0 Å². The number of hydrogen-bond donors (Lipinski definition) is 2. The van der Waals surface area contributed by atoms with Crippen LogP contribution in [-0.2, 0) is 10.9 Å². The van der Waals surface area contributed by atoms with Gasteiger partial charge in [0.2, 0.25) is 0 Å². The number of ether oxygens (including phenoxy) is 2. The van der Waals surface area contributed by atoms with Crippen molar-refractivity contribution in [3.05, 3.63) is 108 Å². The molecular formula is C29H21F3N6O5. The van der Waals surface area contributed by atoms with Gasteiger partial charge in [-0.2, -0.15) is 18.3 Å². The first-order valence-corrected chi connectivity index (χ1v) is 12.6. The van der Waals surface area contributed by atoms with E-state index in [1.165, 1.54) is 48.9 Å². The number of halogens is 3. The Morgan fingerprint density at radius 1 is 0.907 bits per heavy atom. The van der Waals surface area contributed by atoms with Crippen LogP contribution in [-0.4, -0.2) is 54.9 Å². The van der Waals surface area contributed by atoms with Gasteiger partial charge in [0.25, 0.3) is 5.91 Å². The van der Waals surface area contributed by atoms with Crippen molar-refractivity contribution in [3.63, 3.8) is 0 Å². The second-order valence-electron chi connectivity index (χ2n) is 8.79. The second kappa shape index (κ2) is 12.5. The van der Waals surface area contributed by atoms with E-state index in [-0.39, 0.29) is 36.3 Å². The number of hydrogen-bond acceptors (Lipinski definition) is 9. The number of rotatable bonds is 9. The molecule has 5 rings (SSSR count). The van der Waals surface area contributed by atoms with Crippen molar-refractivity contribution >= 4 is 17.6 Å². The largest absolute Gasteiger partial charge is 0.460 e. The van der Waals surface area contributed by atoms with Gasteiger partial charge < -0.3 is 19.9 Å². The number of aliphatic hydroxyl groups is 1. The van der Waals surface area contributed by atoms with E-state index < -0.39 is 29.3 Å².